The van der Waals surface area contributed by atoms with E-state index in [9.17, 15) is 0 Å². The summed E-state index contributed by atoms with van der Waals surface area (Å²) in [6.45, 7) is 2.05. The number of hydrogen-bond donors (Lipinski definition) is 0. The lowest BCUT2D eigenvalue weighted by Crippen LogP contribution is -2.32. The van der Waals surface area contributed by atoms with Crippen LogP contribution < -0.4 is 0 Å². The van der Waals surface area contributed by atoms with Gasteiger partial charge in [-0.25, -0.2) is 0 Å². The molecule has 0 saturated carbocycles. The first-order chi connectivity index (χ1) is 6.68. The van der Waals surface area contributed by atoms with Crippen molar-refractivity contribution < 1.29 is 0 Å². The van der Waals surface area contributed by atoms with E-state index in [1.165, 1.54) is 5.56 Å². The first-order valence-electron chi connectivity index (χ1n) is 4.43. The topological polar surface area (TPSA) is 0 Å². The zero-order valence-electron chi connectivity index (χ0n) is 8.06. The van der Waals surface area contributed by atoms with Crippen molar-refractivity contribution >= 4 is 34.8 Å². The molecule has 3 heteroatoms. The van der Waals surface area contributed by atoms with Gasteiger partial charge >= 0.3 is 0 Å². The van der Waals surface area contributed by atoms with Crippen molar-refractivity contribution in [2.45, 2.75) is 12.3 Å². The normalized spacial score (nSPS) is 11.7. The van der Waals surface area contributed by atoms with Crippen molar-refractivity contribution in [3.63, 3.8) is 0 Å². The number of hydrogen-bond acceptors (Lipinski definition) is 0. The summed E-state index contributed by atoms with van der Waals surface area (Å²) in [4.78, 5) is 0. The van der Waals surface area contributed by atoms with Crippen LogP contribution >= 0.6 is 34.8 Å². The van der Waals surface area contributed by atoms with E-state index < -0.39 is 0 Å². The highest BCUT2D eigenvalue weighted by Gasteiger charge is 2.29. The van der Waals surface area contributed by atoms with E-state index in [2.05, 4.69) is 6.07 Å². The average Bonchev–Trinajstić information content (AvgIpc) is 2.22. The van der Waals surface area contributed by atoms with Crippen LogP contribution in [0.2, 0.25) is 0 Å². The summed E-state index contributed by atoms with van der Waals surface area (Å²) in [7, 11) is 0. The lowest BCUT2D eigenvalue weighted by Gasteiger charge is -2.27. The highest BCUT2D eigenvalue weighted by molar-refractivity contribution is 6.25. The molecule has 0 fully saturated rings. The van der Waals surface area contributed by atoms with Crippen molar-refractivity contribution in [2.24, 2.45) is 0 Å². The Morgan fingerprint density at radius 2 is 1.64 bits per heavy atom. The summed E-state index contributed by atoms with van der Waals surface area (Å²) in [5.74, 6) is 1.34. The van der Waals surface area contributed by atoms with E-state index in [-0.39, 0.29) is 5.41 Å². The summed E-state index contributed by atoms with van der Waals surface area (Å²) < 4.78 is 0. The van der Waals surface area contributed by atoms with Crippen molar-refractivity contribution in [3.8, 4) is 0 Å². The second-order valence-corrected chi connectivity index (χ2v) is 4.35. The van der Waals surface area contributed by atoms with Gasteiger partial charge in [0, 0.05) is 23.1 Å². The maximum Gasteiger partial charge on any atom is 0.0359 e. The van der Waals surface area contributed by atoms with Crippen LogP contribution in [-0.4, -0.2) is 17.6 Å². The predicted octanol–water partition coefficient (Wildman–Crippen LogP) is 3.95. The second kappa shape index (κ2) is 5.25. The van der Waals surface area contributed by atoms with Gasteiger partial charge in [0.1, 0.15) is 0 Å². The quantitative estimate of drug-likeness (QED) is 0.711. The van der Waals surface area contributed by atoms with Crippen molar-refractivity contribution in [3.05, 3.63) is 35.4 Å². The minimum Gasteiger partial charge on any atom is -0.126 e. The maximum absolute atomic E-state index is 5.94. The monoisotopic (exact) mass is 250 g/mol. The molecular weight excluding hydrogens is 238 g/mol. The Bertz CT molecular complexity index is 284. The van der Waals surface area contributed by atoms with Crippen molar-refractivity contribution in [1.29, 1.82) is 0 Å². The molecule has 0 radical (unpaired) electrons. The zero-order chi connectivity index (χ0) is 10.6. The van der Waals surface area contributed by atoms with Gasteiger partial charge in [-0.1, -0.05) is 29.8 Å². The Kier molecular flexibility index (Phi) is 4.56. The van der Waals surface area contributed by atoms with Gasteiger partial charge < -0.3 is 0 Å². The van der Waals surface area contributed by atoms with Crippen LogP contribution in [0.1, 0.15) is 11.1 Å². The van der Waals surface area contributed by atoms with Gasteiger partial charge in [-0.2, -0.15) is 0 Å². The Labute approximate surface area is 100 Å². The molecule has 0 amide bonds. The first kappa shape index (κ1) is 12.2. The first-order valence-corrected chi connectivity index (χ1v) is 6.04. The highest BCUT2D eigenvalue weighted by Crippen LogP contribution is 2.29. The second-order valence-electron chi connectivity index (χ2n) is 3.55. The van der Waals surface area contributed by atoms with E-state index in [1.807, 2.05) is 25.1 Å². The van der Waals surface area contributed by atoms with E-state index in [0.29, 0.717) is 17.6 Å². The molecule has 0 heterocycles. The van der Waals surface area contributed by atoms with Crippen LogP contribution in [0.4, 0.5) is 0 Å². The average molecular weight is 252 g/mol. The zero-order valence-corrected chi connectivity index (χ0v) is 10.3. The number of benzene rings is 1. The number of halogens is 3. The van der Waals surface area contributed by atoms with E-state index in [0.717, 1.165) is 5.56 Å². The summed E-state index contributed by atoms with van der Waals surface area (Å²) in [5, 5.41) is 0. The standard InChI is InChI=1S/C11H13Cl3/c1-9-3-2-4-10(5-9)11(6-12,7-13)8-14/h2-5H,6-8H2,1H3. The van der Waals surface area contributed by atoms with Gasteiger partial charge in [0.15, 0.2) is 0 Å². The molecule has 0 atom stereocenters. The van der Waals surface area contributed by atoms with Gasteiger partial charge in [-0.05, 0) is 12.5 Å². The Balaban J connectivity index is 3.10. The lowest BCUT2D eigenvalue weighted by atomic mass is 9.85. The SMILES string of the molecule is Cc1cccc(C(CCl)(CCl)CCl)c1. The molecule has 1 aromatic carbocycles. The molecule has 0 aliphatic rings. The molecule has 0 aliphatic heterocycles. The predicted molar refractivity (Wildman–Crippen MR) is 65.0 cm³/mol. The molecule has 0 aliphatic carbocycles. The fraction of sp³-hybridized carbons (Fsp3) is 0.455. The number of rotatable bonds is 4. The molecule has 0 saturated heterocycles. The minimum atomic E-state index is -0.295. The van der Waals surface area contributed by atoms with E-state index in [1.54, 1.807) is 0 Å². The smallest absolute Gasteiger partial charge is 0.0359 e. The molecule has 78 valence electrons. The molecule has 14 heavy (non-hydrogen) atoms. The molecule has 0 unspecified atom stereocenters. The van der Waals surface area contributed by atoms with Crippen molar-refractivity contribution in [1.82, 2.24) is 0 Å². The number of alkyl halides is 3. The van der Waals surface area contributed by atoms with Crippen LogP contribution in [0.3, 0.4) is 0 Å². The molecule has 0 nitrogen and oxygen atoms in total. The molecule has 0 bridgehead atoms. The van der Waals surface area contributed by atoms with Gasteiger partial charge in [-0.15, -0.1) is 34.8 Å². The third-order valence-electron chi connectivity index (χ3n) is 2.40. The Morgan fingerprint density at radius 3 is 2.07 bits per heavy atom. The Morgan fingerprint density at radius 1 is 1.07 bits per heavy atom. The fourth-order valence-corrected chi connectivity index (χ4v) is 2.63. The molecule has 0 spiro atoms. The molecule has 1 rings (SSSR count). The molecule has 0 N–H and O–H groups in total. The van der Waals surface area contributed by atoms with Crippen molar-refractivity contribution in [2.75, 3.05) is 17.6 Å². The summed E-state index contributed by atoms with van der Waals surface area (Å²) in [6, 6.07) is 8.17. The van der Waals surface area contributed by atoms with Crippen LogP contribution in [-0.2, 0) is 5.41 Å². The maximum atomic E-state index is 5.94. The molecule has 1 aromatic rings. The summed E-state index contributed by atoms with van der Waals surface area (Å²) in [6.07, 6.45) is 0. The van der Waals surface area contributed by atoms with Crippen LogP contribution in [0.25, 0.3) is 0 Å². The molecule has 0 aromatic heterocycles. The summed E-state index contributed by atoms with van der Waals surface area (Å²) >= 11 is 17.8. The van der Waals surface area contributed by atoms with Gasteiger partial charge in [0.2, 0.25) is 0 Å². The third-order valence-corrected chi connectivity index (χ3v) is 3.93. The van der Waals surface area contributed by atoms with Gasteiger partial charge in [0.05, 0.1) is 0 Å². The van der Waals surface area contributed by atoms with E-state index >= 15 is 0 Å². The molecular formula is C11H13Cl3. The minimum absolute atomic E-state index is 0.295. The summed E-state index contributed by atoms with van der Waals surface area (Å²) in [5.41, 5.74) is 2.03. The highest BCUT2D eigenvalue weighted by atomic mass is 35.5. The Hall–Kier alpha value is 0.0900. The largest absolute Gasteiger partial charge is 0.126 e. The van der Waals surface area contributed by atoms with E-state index in [4.69, 9.17) is 34.8 Å². The fourth-order valence-electron chi connectivity index (χ4n) is 1.31. The third kappa shape index (κ3) is 2.36. The van der Waals surface area contributed by atoms with Crippen LogP contribution in [0.5, 0.6) is 0 Å². The van der Waals surface area contributed by atoms with Gasteiger partial charge in [0.25, 0.3) is 0 Å². The van der Waals surface area contributed by atoms with Crippen LogP contribution in [0.15, 0.2) is 24.3 Å². The lowest BCUT2D eigenvalue weighted by molar-refractivity contribution is 0.613. The number of aryl methyl sites for hydroxylation is 1. The van der Waals surface area contributed by atoms with Gasteiger partial charge in [-0.3, -0.25) is 0 Å². The van der Waals surface area contributed by atoms with Crippen LogP contribution in [0, 0.1) is 6.92 Å².